The van der Waals surface area contributed by atoms with Gasteiger partial charge in [-0.1, -0.05) is 163 Å². The van der Waals surface area contributed by atoms with E-state index >= 15 is 0 Å². The van der Waals surface area contributed by atoms with E-state index in [2.05, 4.69) is 217 Å². The van der Waals surface area contributed by atoms with Gasteiger partial charge in [-0.15, -0.1) is 54.1 Å². The Kier molecular flexibility index (Phi) is 13.0. The third-order valence-corrected chi connectivity index (χ3v) is 15.4. The van der Waals surface area contributed by atoms with Gasteiger partial charge in [0.1, 0.15) is 5.58 Å². The van der Waals surface area contributed by atoms with Crippen molar-refractivity contribution in [3.8, 4) is 39.5 Å². The number of fused-ring (bicyclic) bond motifs is 7. The smallest absolute Gasteiger partial charge is 0.121 e. The number of furan rings is 1. The molecule has 0 aliphatic carbocycles. The molecule has 0 fully saturated rings. The first-order valence-electron chi connectivity index (χ1n) is 24.0. The third-order valence-electron chi connectivity index (χ3n) is 13.4. The van der Waals surface area contributed by atoms with Gasteiger partial charge in [-0.2, -0.15) is 0 Å². The number of hydrogen-bond donors (Lipinski definition) is 0. The molecular weight excluding hydrogens is 1040 g/mol. The van der Waals surface area contributed by atoms with Crippen LogP contribution in [0.4, 0.5) is 0 Å². The van der Waals surface area contributed by atoms with Crippen LogP contribution in [0.5, 0.6) is 0 Å². The average molecular weight is 1090 g/mol. The standard InChI is InChI=1S/C48H43N2OSi.C15H16N.Ir/c1-29(2)39-25-34(31-14-9-8-10-15-31)26-40(30(3)4)46(39)50-44-23-22-35(52(5,6)7)27-43(44)49-48(50)38-19-13-18-37-42-24-33-21-20-32-16-11-12-17-36(32)41(33)28-45(42)51-47(37)38;1-15(2,3)13-9-10-16-14(11-13)12-7-5-4-6-8-12;/h8-18,20-30H,1-7H3;4-7,9-11H,1-3H3;/q2*-1;. The summed E-state index contributed by atoms with van der Waals surface area (Å²) in [5, 5.41) is 8.44. The fraction of sp³-hybridized carbons (Fsp3) is 0.206. The quantitative estimate of drug-likeness (QED) is 0.0907. The monoisotopic (exact) mass is 1090 g/mol. The van der Waals surface area contributed by atoms with Gasteiger partial charge in [-0.25, -0.2) is 0 Å². The van der Waals surface area contributed by atoms with E-state index < -0.39 is 8.07 Å². The summed E-state index contributed by atoms with van der Waals surface area (Å²) in [6.07, 6.45) is 1.87. The van der Waals surface area contributed by atoms with Crippen LogP contribution in [-0.4, -0.2) is 22.6 Å². The zero-order valence-corrected chi connectivity index (χ0v) is 44.7. The second-order valence-corrected chi connectivity index (χ2v) is 26.0. The molecule has 0 aliphatic heterocycles. The summed E-state index contributed by atoms with van der Waals surface area (Å²) in [7, 11) is -1.61. The van der Waals surface area contributed by atoms with E-state index in [-0.39, 0.29) is 37.4 Å². The number of hydrogen-bond acceptors (Lipinski definition) is 3. The Labute approximate surface area is 421 Å². The second-order valence-electron chi connectivity index (χ2n) is 20.9. The maximum atomic E-state index is 6.91. The Morgan fingerprint density at radius 3 is 2.01 bits per heavy atom. The van der Waals surface area contributed by atoms with Crippen molar-refractivity contribution in [3.05, 3.63) is 193 Å². The fourth-order valence-corrected chi connectivity index (χ4v) is 10.7. The van der Waals surface area contributed by atoms with E-state index in [1.807, 2.05) is 36.5 Å². The fourth-order valence-electron chi connectivity index (χ4n) is 9.56. The van der Waals surface area contributed by atoms with Crippen LogP contribution in [0.25, 0.3) is 94.0 Å². The molecule has 0 spiro atoms. The van der Waals surface area contributed by atoms with Gasteiger partial charge in [0.25, 0.3) is 0 Å². The summed E-state index contributed by atoms with van der Waals surface area (Å²) in [5.41, 5.74) is 14.5. The molecule has 0 atom stereocenters. The van der Waals surface area contributed by atoms with Crippen molar-refractivity contribution < 1.29 is 24.5 Å². The van der Waals surface area contributed by atoms with Gasteiger partial charge < -0.3 is 14.0 Å². The summed E-state index contributed by atoms with van der Waals surface area (Å²) >= 11 is 0. The molecule has 3 aromatic heterocycles. The van der Waals surface area contributed by atoms with Gasteiger partial charge in [-0.3, -0.25) is 4.98 Å². The molecular formula is C63H59IrN3OSi-2. The number of benzene rings is 8. The minimum absolute atomic E-state index is 0. The number of nitrogens with zero attached hydrogens (tertiary/aromatic N) is 3. The molecule has 8 aromatic carbocycles. The summed E-state index contributed by atoms with van der Waals surface area (Å²) < 4.78 is 9.34. The molecule has 4 nitrogen and oxygen atoms in total. The molecule has 0 amide bonds. The van der Waals surface area contributed by atoms with Crippen LogP contribution in [0.15, 0.2) is 168 Å². The van der Waals surface area contributed by atoms with Crippen molar-refractivity contribution in [2.24, 2.45) is 0 Å². The van der Waals surface area contributed by atoms with Crippen LogP contribution >= 0.6 is 0 Å². The first kappa shape index (κ1) is 47.6. The summed E-state index contributed by atoms with van der Waals surface area (Å²) in [5.74, 6) is 1.41. The van der Waals surface area contributed by atoms with Crippen LogP contribution in [0, 0.1) is 12.1 Å². The first-order valence-corrected chi connectivity index (χ1v) is 27.5. The van der Waals surface area contributed by atoms with E-state index in [4.69, 9.17) is 9.40 Å². The van der Waals surface area contributed by atoms with Crippen LogP contribution < -0.4 is 5.19 Å². The minimum Gasteiger partial charge on any atom is -0.501 e. The average Bonchev–Trinajstić information content (AvgIpc) is 3.91. The summed E-state index contributed by atoms with van der Waals surface area (Å²) in [4.78, 5) is 9.92. The first-order chi connectivity index (χ1) is 32.6. The van der Waals surface area contributed by atoms with Crippen LogP contribution in [0.3, 0.4) is 0 Å². The molecule has 1 radical (unpaired) electrons. The molecule has 11 rings (SSSR count). The van der Waals surface area contributed by atoms with Crippen LogP contribution in [-0.2, 0) is 25.5 Å². The zero-order valence-electron chi connectivity index (χ0n) is 41.3. The van der Waals surface area contributed by atoms with E-state index in [0.29, 0.717) is 0 Å². The van der Waals surface area contributed by atoms with Gasteiger partial charge in [0.2, 0.25) is 0 Å². The van der Waals surface area contributed by atoms with E-state index in [0.717, 1.165) is 55.6 Å². The maximum Gasteiger partial charge on any atom is 0.121 e. The number of rotatable bonds is 7. The molecule has 0 bridgehead atoms. The number of aromatic nitrogens is 3. The molecule has 0 unspecified atom stereocenters. The summed E-state index contributed by atoms with van der Waals surface area (Å²) in [6, 6.07) is 63.2. The minimum atomic E-state index is -1.61. The van der Waals surface area contributed by atoms with Gasteiger partial charge in [-0.05, 0) is 115 Å². The van der Waals surface area contributed by atoms with Crippen molar-refractivity contribution >= 4 is 67.8 Å². The van der Waals surface area contributed by atoms with Crippen molar-refractivity contribution in [3.63, 3.8) is 0 Å². The Morgan fingerprint density at radius 2 is 1.32 bits per heavy atom. The summed E-state index contributed by atoms with van der Waals surface area (Å²) in [6.45, 7) is 23.1. The SMILES string of the molecule is CC(C)(C)c1ccnc(-c2[c-]cccc2)c1.CC(C)c1cc(-c2ccccc2)cc(C(C)C)c1-n1c(-c2[c-]ccc3c2oc2cc4c(ccc5ccccc54)cc23)nc2cc([Si](C)(C)C)ccc21.[Ir]. The molecule has 0 saturated heterocycles. The number of imidazole rings is 1. The third kappa shape index (κ3) is 9.14. The van der Waals surface area contributed by atoms with Gasteiger partial charge in [0, 0.05) is 37.4 Å². The molecule has 69 heavy (non-hydrogen) atoms. The van der Waals surface area contributed by atoms with Gasteiger partial charge >= 0.3 is 0 Å². The number of pyridine rings is 1. The molecule has 3 heterocycles. The molecule has 347 valence electrons. The largest absolute Gasteiger partial charge is 0.501 e. The van der Waals surface area contributed by atoms with Gasteiger partial charge in [0.15, 0.2) is 0 Å². The van der Waals surface area contributed by atoms with Gasteiger partial charge in [0.05, 0.1) is 30.5 Å². The van der Waals surface area contributed by atoms with E-state index in [1.165, 1.54) is 60.2 Å². The Hall–Kier alpha value is -6.43. The molecule has 6 heteroatoms. The van der Waals surface area contributed by atoms with Crippen molar-refractivity contribution in [2.75, 3.05) is 0 Å². The van der Waals surface area contributed by atoms with Crippen LogP contribution in [0.2, 0.25) is 19.6 Å². The van der Waals surface area contributed by atoms with E-state index in [9.17, 15) is 0 Å². The molecule has 0 aliphatic rings. The van der Waals surface area contributed by atoms with Crippen molar-refractivity contribution in [2.45, 2.75) is 85.4 Å². The Balaban J connectivity index is 0.000000296. The topological polar surface area (TPSA) is 43.9 Å². The normalized spacial score (nSPS) is 12.1. The maximum absolute atomic E-state index is 6.91. The van der Waals surface area contributed by atoms with Crippen molar-refractivity contribution in [1.29, 1.82) is 0 Å². The van der Waals surface area contributed by atoms with Crippen molar-refractivity contribution in [1.82, 2.24) is 14.5 Å². The molecule has 0 saturated carbocycles. The van der Waals surface area contributed by atoms with E-state index in [1.54, 1.807) is 0 Å². The Morgan fingerprint density at radius 1 is 0.609 bits per heavy atom. The second kappa shape index (κ2) is 18.8. The molecule has 0 N–H and O–H groups in total. The Bertz CT molecular complexity index is 3620. The van der Waals surface area contributed by atoms with Crippen LogP contribution in [0.1, 0.15) is 77.0 Å². The molecule has 11 aromatic rings. The predicted octanol–water partition coefficient (Wildman–Crippen LogP) is 17.0. The zero-order chi connectivity index (χ0) is 47.5. The predicted molar refractivity (Wildman–Crippen MR) is 291 cm³/mol.